The van der Waals surface area contributed by atoms with Crippen LogP contribution in [-0.2, 0) is 0 Å². The summed E-state index contributed by atoms with van der Waals surface area (Å²) in [5.41, 5.74) is 2.53. The third-order valence-corrected chi connectivity index (χ3v) is 5.05. The second-order valence-electron chi connectivity index (χ2n) is 6.31. The number of carbonyl (C=O) groups excluding carboxylic acids is 1. The number of fused-ring (bicyclic) bond motifs is 1. The zero-order valence-corrected chi connectivity index (χ0v) is 16.2. The SMILES string of the molecule is Cc1ccc2nc(-c3ccccc3F)c(NC(=O)c3ccc(Cl)c(Cl)c3)n2c1. The lowest BCUT2D eigenvalue weighted by molar-refractivity contribution is 0.102. The number of aromatic nitrogens is 2. The highest BCUT2D eigenvalue weighted by Crippen LogP contribution is 2.31. The zero-order valence-electron chi connectivity index (χ0n) is 14.7. The Kier molecular flexibility index (Phi) is 4.79. The molecule has 0 atom stereocenters. The topological polar surface area (TPSA) is 46.4 Å². The summed E-state index contributed by atoms with van der Waals surface area (Å²) in [4.78, 5) is 17.3. The van der Waals surface area contributed by atoms with Crippen molar-refractivity contribution in [2.24, 2.45) is 0 Å². The van der Waals surface area contributed by atoms with Crippen molar-refractivity contribution in [3.05, 3.63) is 87.8 Å². The van der Waals surface area contributed by atoms with Crippen LogP contribution in [0.15, 0.2) is 60.8 Å². The molecule has 4 rings (SSSR count). The second kappa shape index (κ2) is 7.26. The van der Waals surface area contributed by atoms with E-state index in [0.29, 0.717) is 33.3 Å². The lowest BCUT2D eigenvalue weighted by Gasteiger charge is -2.09. The summed E-state index contributed by atoms with van der Waals surface area (Å²) in [6.45, 7) is 1.92. The predicted molar refractivity (Wildman–Crippen MR) is 110 cm³/mol. The molecule has 2 aromatic carbocycles. The van der Waals surface area contributed by atoms with E-state index in [9.17, 15) is 9.18 Å². The number of nitrogens with one attached hydrogen (secondary N) is 1. The van der Waals surface area contributed by atoms with Crippen molar-refractivity contribution >= 4 is 40.6 Å². The maximum atomic E-state index is 14.4. The van der Waals surface area contributed by atoms with Gasteiger partial charge in [-0.05, 0) is 48.9 Å². The fourth-order valence-electron chi connectivity index (χ4n) is 2.93. The first-order chi connectivity index (χ1) is 13.4. The number of pyridine rings is 1. The number of hydrogen-bond donors (Lipinski definition) is 1. The number of carbonyl (C=O) groups is 1. The summed E-state index contributed by atoms with van der Waals surface area (Å²) in [6.07, 6.45) is 1.83. The van der Waals surface area contributed by atoms with Crippen LogP contribution < -0.4 is 5.32 Å². The fourth-order valence-corrected chi connectivity index (χ4v) is 3.23. The van der Waals surface area contributed by atoms with Gasteiger partial charge in [-0.15, -0.1) is 0 Å². The van der Waals surface area contributed by atoms with Crippen LogP contribution in [0.25, 0.3) is 16.9 Å². The molecule has 7 heteroatoms. The number of rotatable bonds is 3. The van der Waals surface area contributed by atoms with Crippen LogP contribution in [0.2, 0.25) is 10.0 Å². The molecule has 28 heavy (non-hydrogen) atoms. The van der Waals surface area contributed by atoms with Gasteiger partial charge < -0.3 is 5.32 Å². The highest BCUT2D eigenvalue weighted by atomic mass is 35.5. The molecule has 140 valence electrons. The van der Waals surface area contributed by atoms with Gasteiger partial charge in [0.05, 0.1) is 10.0 Å². The quantitative estimate of drug-likeness (QED) is 0.447. The molecule has 0 aliphatic carbocycles. The third kappa shape index (κ3) is 3.35. The molecule has 0 aliphatic rings. The smallest absolute Gasteiger partial charge is 0.256 e. The third-order valence-electron chi connectivity index (χ3n) is 4.31. The van der Waals surface area contributed by atoms with E-state index in [-0.39, 0.29) is 5.02 Å². The van der Waals surface area contributed by atoms with Crippen LogP contribution in [0.5, 0.6) is 0 Å². The molecule has 2 heterocycles. The van der Waals surface area contributed by atoms with Crippen molar-refractivity contribution in [2.75, 3.05) is 5.32 Å². The minimum atomic E-state index is -0.423. The molecule has 1 N–H and O–H groups in total. The Hall–Kier alpha value is -2.89. The molecule has 0 spiro atoms. The van der Waals surface area contributed by atoms with Gasteiger partial charge in [0.1, 0.15) is 23.0 Å². The summed E-state index contributed by atoms with van der Waals surface area (Å²) in [5.74, 6) is -0.452. The highest BCUT2D eigenvalue weighted by molar-refractivity contribution is 6.42. The predicted octanol–water partition coefficient (Wildman–Crippen LogP) is 6.01. The highest BCUT2D eigenvalue weighted by Gasteiger charge is 2.20. The Morgan fingerprint density at radius 1 is 1.07 bits per heavy atom. The van der Waals surface area contributed by atoms with Gasteiger partial charge in [0, 0.05) is 17.3 Å². The molecule has 0 saturated carbocycles. The van der Waals surface area contributed by atoms with Crippen LogP contribution in [0.3, 0.4) is 0 Å². The zero-order chi connectivity index (χ0) is 19.8. The van der Waals surface area contributed by atoms with Gasteiger partial charge in [0.25, 0.3) is 5.91 Å². The number of aryl methyl sites for hydroxylation is 1. The van der Waals surface area contributed by atoms with Crippen LogP contribution in [-0.4, -0.2) is 15.3 Å². The van der Waals surface area contributed by atoms with Gasteiger partial charge in [0.15, 0.2) is 0 Å². The van der Waals surface area contributed by atoms with E-state index in [1.807, 2.05) is 25.3 Å². The van der Waals surface area contributed by atoms with Crippen molar-refractivity contribution in [3.8, 4) is 11.3 Å². The summed E-state index contributed by atoms with van der Waals surface area (Å²) in [6, 6.07) is 14.6. The van der Waals surface area contributed by atoms with Crippen molar-refractivity contribution in [1.29, 1.82) is 0 Å². The molecule has 0 saturated heterocycles. The number of benzene rings is 2. The lowest BCUT2D eigenvalue weighted by Crippen LogP contribution is -2.14. The molecule has 1 amide bonds. The normalized spacial score (nSPS) is 11.0. The second-order valence-corrected chi connectivity index (χ2v) is 7.12. The maximum Gasteiger partial charge on any atom is 0.256 e. The van der Waals surface area contributed by atoms with Gasteiger partial charge in [0.2, 0.25) is 0 Å². The van der Waals surface area contributed by atoms with Crippen molar-refractivity contribution < 1.29 is 9.18 Å². The number of anilines is 1. The summed E-state index contributed by atoms with van der Waals surface area (Å²) in [7, 11) is 0. The van der Waals surface area contributed by atoms with Crippen LogP contribution in [0, 0.1) is 12.7 Å². The largest absolute Gasteiger partial charge is 0.306 e. The number of amides is 1. The number of nitrogens with zero attached hydrogens (tertiary/aromatic N) is 2. The van der Waals surface area contributed by atoms with E-state index in [4.69, 9.17) is 23.2 Å². The Morgan fingerprint density at radius 2 is 1.86 bits per heavy atom. The van der Waals surface area contributed by atoms with E-state index < -0.39 is 11.7 Å². The number of halogens is 3. The van der Waals surface area contributed by atoms with Gasteiger partial charge in [-0.3, -0.25) is 9.20 Å². The van der Waals surface area contributed by atoms with E-state index in [2.05, 4.69) is 10.3 Å². The van der Waals surface area contributed by atoms with Crippen LogP contribution in [0.4, 0.5) is 10.2 Å². The number of hydrogen-bond acceptors (Lipinski definition) is 2. The fraction of sp³-hybridized carbons (Fsp3) is 0.0476. The Balaban J connectivity index is 1.85. The lowest BCUT2D eigenvalue weighted by atomic mass is 10.1. The average Bonchev–Trinajstić information content (AvgIpc) is 3.02. The van der Waals surface area contributed by atoms with Gasteiger partial charge in [-0.25, -0.2) is 9.37 Å². The van der Waals surface area contributed by atoms with Crippen molar-refractivity contribution in [2.45, 2.75) is 6.92 Å². The molecular weight excluding hydrogens is 400 g/mol. The molecule has 0 aliphatic heterocycles. The first-order valence-electron chi connectivity index (χ1n) is 8.44. The van der Waals surface area contributed by atoms with E-state index in [1.54, 1.807) is 34.7 Å². The van der Waals surface area contributed by atoms with E-state index >= 15 is 0 Å². The Bertz CT molecular complexity index is 1220. The molecule has 0 unspecified atom stereocenters. The molecule has 0 radical (unpaired) electrons. The summed E-state index contributed by atoms with van der Waals surface area (Å²) in [5, 5.41) is 3.48. The molecule has 4 aromatic rings. The van der Waals surface area contributed by atoms with Gasteiger partial charge in [-0.1, -0.05) is 41.4 Å². The Morgan fingerprint density at radius 3 is 2.61 bits per heavy atom. The first kappa shape index (κ1) is 18.5. The number of imidazole rings is 1. The molecule has 0 fully saturated rings. The maximum absolute atomic E-state index is 14.4. The average molecular weight is 414 g/mol. The summed E-state index contributed by atoms with van der Waals surface area (Å²) < 4.78 is 16.2. The van der Waals surface area contributed by atoms with E-state index in [1.165, 1.54) is 12.1 Å². The molecular formula is C21H14Cl2FN3O. The van der Waals surface area contributed by atoms with Crippen molar-refractivity contribution in [1.82, 2.24) is 9.38 Å². The van der Waals surface area contributed by atoms with E-state index in [0.717, 1.165) is 5.56 Å². The van der Waals surface area contributed by atoms with Crippen LogP contribution in [0.1, 0.15) is 15.9 Å². The molecule has 0 bridgehead atoms. The molecule has 2 aromatic heterocycles. The van der Waals surface area contributed by atoms with Gasteiger partial charge >= 0.3 is 0 Å². The van der Waals surface area contributed by atoms with Crippen molar-refractivity contribution in [3.63, 3.8) is 0 Å². The van der Waals surface area contributed by atoms with Crippen LogP contribution >= 0.6 is 23.2 Å². The standard InChI is InChI=1S/C21H14Cl2FN3O/c1-12-6-9-18-25-19(14-4-2-3-5-17(14)24)20(27(18)11-12)26-21(28)13-7-8-15(22)16(23)10-13/h2-11H,1H3,(H,26,28). The first-order valence-corrected chi connectivity index (χ1v) is 9.19. The molecule has 4 nitrogen and oxygen atoms in total. The summed E-state index contributed by atoms with van der Waals surface area (Å²) >= 11 is 12.0. The minimum absolute atomic E-state index is 0.276. The monoisotopic (exact) mass is 413 g/mol. The minimum Gasteiger partial charge on any atom is -0.306 e. The Labute approximate surface area is 170 Å². The van der Waals surface area contributed by atoms with Gasteiger partial charge in [-0.2, -0.15) is 0 Å².